The summed E-state index contributed by atoms with van der Waals surface area (Å²) in [6.45, 7) is 6.79. The Bertz CT molecular complexity index is 1240. The van der Waals surface area contributed by atoms with Crippen LogP contribution in [0.1, 0.15) is 46.4 Å². The van der Waals surface area contributed by atoms with Crippen LogP contribution < -0.4 is 10.9 Å². The molecule has 0 aliphatic rings. The van der Waals surface area contributed by atoms with Crippen molar-refractivity contribution >= 4 is 45.1 Å². The summed E-state index contributed by atoms with van der Waals surface area (Å²) in [6.07, 6.45) is 1.01. The number of aryl methyl sites for hydroxylation is 1. The minimum atomic E-state index is -0.507. The van der Waals surface area contributed by atoms with Crippen LogP contribution in [0.25, 0.3) is 10.2 Å². The summed E-state index contributed by atoms with van der Waals surface area (Å²) < 4.78 is 11.4. The fourth-order valence-corrected chi connectivity index (χ4v) is 4.06. The molecule has 32 heavy (non-hydrogen) atoms. The van der Waals surface area contributed by atoms with Crippen LogP contribution in [0.15, 0.2) is 35.4 Å². The molecule has 0 bridgehead atoms. The Morgan fingerprint density at radius 2 is 1.97 bits per heavy atom. The minimum Gasteiger partial charge on any atom is -0.462 e. The van der Waals surface area contributed by atoms with Crippen LogP contribution >= 0.6 is 11.3 Å². The highest BCUT2D eigenvalue weighted by Gasteiger charge is 2.21. The molecule has 0 fully saturated rings. The van der Waals surface area contributed by atoms with E-state index in [1.54, 1.807) is 45.9 Å². The number of nitrogens with zero attached hydrogens (tertiary/aromatic N) is 2. The van der Waals surface area contributed by atoms with Gasteiger partial charge in [-0.1, -0.05) is 6.07 Å². The average Bonchev–Trinajstić information content (AvgIpc) is 3.07. The zero-order valence-corrected chi connectivity index (χ0v) is 18.9. The first kappa shape index (κ1) is 23.1. The number of aromatic nitrogens is 2. The molecular formula is C22H23N3O6S. The van der Waals surface area contributed by atoms with E-state index in [0.29, 0.717) is 26.5 Å². The van der Waals surface area contributed by atoms with E-state index in [2.05, 4.69) is 10.3 Å². The number of rotatable bonds is 7. The molecule has 0 saturated heterocycles. The van der Waals surface area contributed by atoms with Crippen molar-refractivity contribution in [2.24, 2.45) is 0 Å². The van der Waals surface area contributed by atoms with Gasteiger partial charge >= 0.3 is 11.9 Å². The predicted octanol–water partition coefficient (Wildman–Crippen LogP) is 3.15. The van der Waals surface area contributed by atoms with E-state index in [4.69, 9.17) is 9.47 Å². The quantitative estimate of drug-likeness (QED) is 0.542. The van der Waals surface area contributed by atoms with Crippen LogP contribution in [0, 0.1) is 6.92 Å². The highest BCUT2D eigenvalue weighted by atomic mass is 32.1. The Balaban J connectivity index is 1.80. The Hall–Kier alpha value is -3.53. The number of carbonyl (C=O) groups excluding carboxylic acids is 3. The highest BCUT2D eigenvalue weighted by Crippen LogP contribution is 2.27. The monoisotopic (exact) mass is 457 g/mol. The van der Waals surface area contributed by atoms with Crippen molar-refractivity contribution in [1.29, 1.82) is 0 Å². The average molecular weight is 458 g/mol. The van der Waals surface area contributed by atoms with Crippen LogP contribution in [0.3, 0.4) is 0 Å². The van der Waals surface area contributed by atoms with Crippen LogP contribution in [0.4, 0.5) is 5.69 Å². The molecule has 1 aromatic carbocycles. The van der Waals surface area contributed by atoms with E-state index in [0.717, 1.165) is 11.3 Å². The fourth-order valence-electron chi connectivity index (χ4n) is 3.02. The third kappa shape index (κ3) is 5.02. The topological polar surface area (TPSA) is 117 Å². The molecule has 2 heterocycles. The molecular weight excluding hydrogens is 434 g/mol. The molecule has 0 unspecified atom stereocenters. The van der Waals surface area contributed by atoms with Gasteiger partial charge in [0.1, 0.15) is 16.3 Å². The van der Waals surface area contributed by atoms with Gasteiger partial charge in [0.15, 0.2) is 0 Å². The van der Waals surface area contributed by atoms with Gasteiger partial charge in [0, 0.05) is 5.69 Å². The number of fused-ring (bicyclic) bond motifs is 1. The van der Waals surface area contributed by atoms with Crippen molar-refractivity contribution in [3.63, 3.8) is 0 Å². The van der Waals surface area contributed by atoms with Gasteiger partial charge in [0.05, 0.1) is 30.0 Å². The lowest BCUT2D eigenvalue weighted by atomic mass is 10.2. The van der Waals surface area contributed by atoms with Gasteiger partial charge in [-0.2, -0.15) is 0 Å². The lowest BCUT2D eigenvalue weighted by molar-refractivity contribution is -0.116. The summed E-state index contributed by atoms with van der Waals surface area (Å²) in [5.74, 6) is -1.47. The third-order valence-corrected chi connectivity index (χ3v) is 5.60. The first-order valence-electron chi connectivity index (χ1n) is 9.97. The van der Waals surface area contributed by atoms with Crippen molar-refractivity contribution in [3.8, 4) is 0 Å². The number of amides is 1. The Kier molecular flexibility index (Phi) is 7.04. The number of benzene rings is 1. The van der Waals surface area contributed by atoms with Crippen molar-refractivity contribution < 1.29 is 23.9 Å². The van der Waals surface area contributed by atoms with Crippen molar-refractivity contribution in [1.82, 2.24) is 9.55 Å². The molecule has 3 aromatic rings. The van der Waals surface area contributed by atoms with E-state index in [1.165, 1.54) is 17.0 Å². The van der Waals surface area contributed by atoms with Gasteiger partial charge in [0.2, 0.25) is 5.91 Å². The van der Waals surface area contributed by atoms with Gasteiger partial charge in [-0.3, -0.25) is 14.2 Å². The van der Waals surface area contributed by atoms with E-state index < -0.39 is 23.4 Å². The zero-order chi connectivity index (χ0) is 23.4. The molecule has 1 amide bonds. The fraction of sp³-hybridized carbons (Fsp3) is 0.318. The molecule has 1 N–H and O–H groups in total. The van der Waals surface area contributed by atoms with E-state index in [1.807, 2.05) is 0 Å². The van der Waals surface area contributed by atoms with Crippen molar-refractivity contribution in [2.75, 3.05) is 11.9 Å². The van der Waals surface area contributed by atoms with E-state index >= 15 is 0 Å². The zero-order valence-electron chi connectivity index (χ0n) is 18.1. The van der Waals surface area contributed by atoms with Gasteiger partial charge in [-0.05, 0) is 51.5 Å². The van der Waals surface area contributed by atoms with Crippen LogP contribution in [0.5, 0.6) is 0 Å². The molecule has 0 radical (unpaired) electrons. The molecule has 0 spiro atoms. The van der Waals surface area contributed by atoms with E-state index in [-0.39, 0.29) is 24.6 Å². The van der Waals surface area contributed by atoms with Crippen LogP contribution in [0.2, 0.25) is 0 Å². The van der Waals surface area contributed by atoms with Crippen molar-refractivity contribution in [2.45, 2.75) is 40.3 Å². The Morgan fingerprint density at radius 3 is 2.66 bits per heavy atom. The number of anilines is 1. The Morgan fingerprint density at radius 1 is 1.22 bits per heavy atom. The van der Waals surface area contributed by atoms with Gasteiger partial charge in [0.25, 0.3) is 5.56 Å². The summed E-state index contributed by atoms with van der Waals surface area (Å²) in [5.41, 5.74) is 0.750. The number of ether oxygens (including phenoxy) is 2. The number of carbonyl (C=O) groups is 3. The maximum absolute atomic E-state index is 12.9. The van der Waals surface area contributed by atoms with Crippen LogP contribution in [-0.2, 0) is 20.8 Å². The molecule has 0 aliphatic heterocycles. The summed E-state index contributed by atoms with van der Waals surface area (Å²) in [5, 5.41) is 2.95. The molecule has 3 rings (SSSR count). The smallest absolute Gasteiger partial charge is 0.348 e. The summed E-state index contributed by atoms with van der Waals surface area (Å²) in [4.78, 5) is 54.5. The molecule has 168 valence electrons. The maximum Gasteiger partial charge on any atom is 0.348 e. The van der Waals surface area contributed by atoms with Crippen LogP contribution in [-0.4, -0.2) is 40.1 Å². The van der Waals surface area contributed by atoms with Gasteiger partial charge in [-0.25, -0.2) is 14.6 Å². The number of hydrogen-bond acceptors (Lipinski definition) is 8. The minimum absolute atomic E-state index is 0.223. The second-order valence-corrected chi connectivity index (χ2v) is 8.22. The van der Waals surface area contributed by atoms with Crippen molar-refractivity contribution in [3.05, 3.63) is 57.0 Å². The van der Waals surface area contributed by atoms with E-state index in [9.17, 15) is 19.2 Å². The summed E-state index contributed by atoms with van der Waals surface area (Å²) in [7, 11) is 0. The molecule has 10 heteroatoms. The molecule has 2 aromatic heterocycles. The molecule has 0 saturated carbocycles. The summed E-state index contributed by atoms with van der Waals surface area (Å²) in [6, 6.07) is 6.34. The molecule has 0 aliphatic carbocycles. The number of nitrogens with one attached hydrogen (secondary N) is 1. The lowest BCUT2D eigenvalue weighted by Crippen LogP contribution is -2.28. The molecule has 9 nitrogen and oxygen atoms in total. The third-order valence-electron chi connectivity index (χ3n) is 4.42. The number of esters is 2. The first-order valence-corrected chi connectivity index (χ1v) is 10.8. The second kappa shape index (κ2) is 9.73. The van der Waals surface area contributed by atoms with Gasteiger partial charge in [-0.15, -0.1) is 11.3 Å². The largest absolute Gasteiger partial charge is 0.462 e. The number of thiophene rings is 1. The predicted molar refractivity (Wildman–Crippen MR) is 120 cm³/mol. The standard InChI is InChI=1S/C22H23N3O6S/c1-5-30-22(29)18-13(4)17-19(32-18)23-11-25(20(17)27)10-16(26)24-15-8-6-7-14(9-15)21(28)31-12(2)3/h6-9,11-12H,5,10H2,1-4H3,(H,24,26). The summed E-state index contributed by atoms with van der Waals surface area (Å²) >= 11 is 1.08. The lowest BCUT2D eigenvalue weighted by Gasteiger charge is -2.10. The normalized spacial score (nSPS) is 10.9. The SMILES string of the molecule is CCOC(=O)c1sc2ncn(CC(=O)Nc3cccc(C(=O)OC(C)C)c3)c(=O)c2c1C. The first-order chi connectivity index (χ1) is 15.2. The van der Waals surface area contributed by atoms with Gasteiger partial charge < -0.3 is 14.8 Å². The maximum atomic E-state index is 12.9. The highest BCUT2D eigenvalue weighted by molar-refractivity contribution is 7.20. The number of hydrogen-bond donors (Lipinski definition) is 1. The Labute approximate surface area is 188 Å². The molecule has 0 atom stereocenters. The second-order valence-electron chi connectivity index (χ2n) is 7.22.